The van der Waals surface area contributed by atoms with E-state index in [1.165, 1.54) is 24.3 Å². The maximum atomic E-state index is 13.5. The van der Waals surface area contributed by atoms with Crippen molar-refractivity contribution in [3.05, 3.63) is 54.6 Å². The predicted molar refractivity (Wildman–Crippen MR) is 112 cm³/mol. The number of ether oxygens (including phenoxy) is 4. The zero-order chi connectivity index (χ0) is 23.1. The monoisotopic (exact) mass is 463 g/mol. The van der Waals surface area contributed by atoms with E-state index < -0.39 is 46.1 Å². The van der Waals surface area contributed by atoms with Crippen LogP contribution in [-0.4, -0.2) is 67.6 Å². The maximum absolute atomic E-state index is 13.5. The third kappa shape index (κ3) is 4.24. The van der Waals surface area contributed by atoms with Gasteiger partial charge in [-0.3, -0.25) is 4.79 Å². The third-order valence-electron chi connectivity index (χ3n) is 5.40. The molecular weight excluding hydrogens is 438 g/mol. The number of piperidine rings is 1. The van der Waals surface area contributed by atoms with Gasteiger partial charge in [0.1, 0.15) is 29.8 Å². The highest BCUT2D eigenvalue weighted by Crippen LogP contribution is 2.38. The summed E-state index contributed by atoms with van der Waals surface area (Å²) < 4.78 is 49.8. The van der Waals surface area contributed by atoms with Crippen LogP contribution in [0.15, 0.2) is 59.5 Å². The summed E-state index contributed by atoms with van der Waals surface area (Å²) in [6.07, 6.45) is -3.06. The number of carbonyl (C=O) groups is 1. The van der Waals surface area contributed by atoms with Crippen LogP contribution in [0, 0.1) is 0 Å². The number of fused-ring (bicyclic) bond motifs is 1. The fourth-order valence-electron chi connectivity index (χ4n) is 4.00. The van der Waals surface area contributed by atoms with E-state index in [0.717, 1.165) is 11.4 Å². The second kappa shape index (κ2) is 8.45. The standard InChI is InChI=1S/C22H25NO8S/c1-22(2)30-17-13-23(18(21(25)28-3)19(24)20(17)31-22)32(26,27)16-11-9-15(10-12-16)29-14-7-5-4-6-8-14/h4-12,17-20,24H,13H2,1-3H3/t17-,18+,19+,20+/m0/s1. The predicted octanol–water partition coefficient (Wildman–Crippen LogP) is 1.91. The highest BCUT2D eigenvalue weighted by atomic mass is 32.2. The van der Waals surface area contributed by atoms with Crippen molar-refractivity contribution in [2.45, 2.75) is 48.9 Å². The van der Waals surface area contributed by atoms with Gasteiger partial charge in [0.2, 0.25) is 10.0 Å². The number of para-hydroxylation sites is 1. The number of aliphatic hydroxyl groups excluding tert-OH is 1. The molecule has 2 aliphatic heterocycles. The Hall–Kier alpha value is -2.50. The van der Waals surface area contributed by atoms with Crippen LogP contribution < -0.4 is 4.74 Å². The first kappa shape index (κ1) is 22.7. The SMILES string of the molecule is COC(=O)[C@H]1[C@@H](O)[C@@H]2OC(C)(C)O[C@H]2CN1S(=O)(=O)c1ccc(Oc2ccccc2)cc1. The Bertz CT molecular complexity index is 1070. The molecule has 0 aromatic heterocycles. The molecule has 0 aliphatic carbocycles. The molecule has 2 aliphatic rings. The van der Waals surface area contributed by atoms with Crippen molar-refractivity contribution in [3.63, 3.8) is 0 Å². The van der Waals surface area contributed by atoms with Gasteiger partial charge in [0, 0.05) is 6.54 Å². The number of rotatable bonds is 5. The van der Waals surface area contributed by atoms with Crippen LogP contribution in [0.4, 0.5) is 0 Å². The summed E-state index contributed by atoms with van der Waals surface area (Å²) in [5, 5.41) is 10.8. The first-order valence-corrected chi connectivity index (χ1v) is 11.5. The second-order valence-corrected chi connectivity index (χ2v) is 9.95. The molecule has 2 saturated heterocycles. The Morgan fingerprint density at radius 2 is 1.69 bits per heavy atom. The van der Waals surface area contributed by atoms with Crippen LogP contribution in [0.25, 0.3) is 0 Å². The molecule has 172 valence electrons. The fourth-order valence-corrected chi connectivity index (χ4v) is 5.60. The first-order chi connectivity index (χ1) is 15.1. The number of sulfonamides is 1. The molecule has 0 radical (unpaired) electrons. The molecule has 9 nitrogen and oxygen atoms in total. The van der Waals surface area contributed by atoms with Crippen LogP contribution >= 0.6 is 0 Å². The average Bonchev–Trinajstić information content (AvgIpc) is 3.09. The molecule has 4 rings (SSSR count). The fraction of sp³-hybridized carbons (Fsp3) is 0.409. The van der Waals surface area contributed by atoms with E-state index in [4.69, 9.17) is 18.9 Å². The molecule has 4 atom stereocenters. The normalized spacial score (nSPS) is 27.5. The topological polar surface area (TPSA) is 112 Å². The van der Waals surface area contributed by atoms with Crippen molar-refractivity contribution in [2.24, 2.45) is 0 Å². The number of carbonyl (C=O) groups excluding carboxylic acids is 1. The molecular formula is C22H25NO8S. The third-order valence-corrected chi connectivity index (χ3v) is 7.27. The number of esters is 1. The van der Waals surface area contributed by atoms with Gasteiger partial charge in [0.05, 0.1) is 12.0 Å². The van der Waals surface area contributed by atoms with E-state index in [-0.39, 0.29) is 11.4 Å². The molecule has 0 unspecified atom stereocenters. The molecule has 32 heavy (non-hydrogen) atoms. The Kier molecular flexibility index (Phi) is 5.99. The van der Waals surface area contributed by atoms with Gasteiger partial charge >= 0.3 is 5.97 Å². The van der Waals surface area contributed by atoms with Gasteiger partial charge in [0.15, 0.2) is 11.8 Å². The van der Waals surface area contributed by atoms with E-state index >= 15 is 0 Å². The number of hydrogen-bond donors (Lipinski definition) is 1. The summed E-state index contributed by atoms with van der Waals surface area (Å²) in [4.78, 5) is 12.4. The van der Waals surface area contributed by atoms with E-state index in [9.17, 15) is 18.3 Å². The Morgan fingerprint density at radius 1 is 1.06 bits per heavy atom. The lowest BCUT2D eigenvalue weighted by Crippen LogP contribution is -2.64. The van der Waals surface area contributed by atoms with Crippen molar-refractivity contribution >= 4 is 16.0 Å². The molecule has 0 spiro atoms. The van der Waals surface area contributed by atoms with Crippen molar-refractivity contribution in [3.8, 4) is 11.5 Å². The molecule has 0 amide bonds. The summed E-state index contributed by atoms with van der Waals surface area (Å²) in [7, 11) is -3.05. The summed E-state index contributed by atoms with van der Waals surface area (Å²) in [5.74, 6) is -0.836. The van der Waals surface area contributed by atoms with E-state index in [1.807, 2.05) is 18.2 Å². The molecule has 0 saturated carbocycles. The van der Waals surface area contributed by atoms with Crippen LogP contribution in [0.1, 0.15) is 13.8 Å². The first-order valence-electron chi connectivity index (χ1n) is 10.1. The smallest absolute Gasteiger partial charge is 0.326 e. The van der Waals surface area contributed by atoms with Crippen LogP contribution in [0.3, 0.4) is 0 Å². The van der Waals surface area contributed by atoms with Crippen molar-refractivity contribution in [1.82, 2.24) is 4.31 Å². The van der Waals surface area contributed by atoms with Crippen LogP contribution in [0.2, 0.25) is 0 Å². The Morgan fingerprint density at radius 3 is 2.31 bits per heavy atom. The summed E-state index contributed by atoms with van der Waals surface area (Å²) in [5.41, 5.74) is 0. The van der Waals surface area contributed by atoms with Gasteiger partial charge in [0.25, 0.3) is 0 Å². The number of aliphatic hydroxyl groups is 1. The lowest BCUT2D eigenvalue weighted by molar-refractivity contribution is -0.164. The van der Waals surface area contributed by atoms with Gasteiger partial charge < -0.3 is 24.1 Å². The number of nitrogens with zero attached hydrogens (tertiary/aromatic N) is 1. The minimum absolute atomic E-state index is 0.0596. The van der Waals surface area contributed by atoms with Gasteiger partial charge in [-0.1, -0.05) is 18.2 Å². The molecule has 2 aromatic carbocycles. The molecule has 10 heteroatoms. The van der Waals surface area contributed by atoms with Gasteiger partial charge in [-0.15, -0.1) is 0 Å². The highest BCUT2D eigenvalue weighted by molar-refractivity contribution is 7.89. The summed E-state index contributed by atoms with van der Waals surface area (Å²) in [6, 6.07) is 13.4. The average molecular weight is 464 g/mol. The zero-order valence-corrected chi connectivity index (χ0v) is 18.7. The maximum Gasteiger partial charge on any atom is 0.326 e. The van der Waals surface area contributed by atoms with Crippen molar-refractivity contribution in [2.75, 3.05) is 13.7 Å². The summed E-state index contributed by atoms with van der Waals surface area (Å²) >= 11 is 0. The molecule has 0 bridgehead atoms. The van der Waals surface area contributed by atoms with Gasteiger partial charge in [-0.25, -0.2) is 8.42 Å². The largest absolute Gasteiger partial charge is 0.468 e. The second-order valence-electron chi connectivity index (χ2n) is 8.06. The lowest BCUT2D eigenvalue weighted by atomic mass is 9.96. The van der Waals surface area contributed by atoms with Crippen molar-refractivity contribution < 1.29 is 37.3 Å². The number of methoxy groups -OCH3 is 1. The number of benzene rings is 2. The molecule has 2 fully saturated rings. The van der Waals surface area contributed by atoms with E-state index in [1.54, 1.807) is 26.0 Å². The molecule has 2 heterocycles. The van der Waals surface area contributed by atoms with Gasteiger partial charge in [-0.05, 0) is 50.2 Å². The van der Waals surface area contributed by atoms with E-state index in [0.29, 0.717) is 11.5 Å². The Balaban J connectivity index is 1.62. The lowest BCUT2D eigenvalue weighted by Gasteiger charge is -2.40. The minimum Gasteiger partial charge on any atom is -0.468 e. The molecule has 1 N–H and O–H groups in total. The van der Waals surface area contributed by atoms with E-state index in [2.05, 4.69) is 0 Å². The van der Waals surface area contributed by atoms with Gasteiger partial charge in [-0.2, -0.15) is 4.31 Å². The quantitative estimate of drug-likeness (QED) is 0.670. The Labute approximate surface area is 186 Å². The number of hydrogen-bond acceptors (Lipinski definition) is 8. The highest BCUT2D eigenvalue weighted by Gasteiger charge is 2.57. The van der Waals surface area contributed by atoms with Crippen LogP contribution in [-0.2, 0) is 29.0 Å². The minimum atomic E-state index is -4.18. The molecule has 2 aromatic rings. The zero-order valence-electron chi connectivity index (χ0n) is 17.9. The summed E-state index contributed by atoms with van der Waals surface area (Å²) in [6.45, 7) is 3.15. The van der Waals surface area contributed by atoms with Crippen LogP contribution in [0.5, 0.6) is 11.5 Å². The van der Waals surface area contributed by atoms with Crippen molar-refractivity contribution in [1.29, 1.82) is 0 Å².